The maximum Gasteiger partial charge on any atom is 0.223 e. The molecule has 3 unspecified atom stereocenters. The Hall–Kier alpha value is -1.51. The highest BCUT2D eigenvalue weighted by molar-refractivity contribution is 5.78. The second kappa shape index (κ2) is 5.47. The highest BCUT2D eigenvalue weighted by Gasteiger charge is 2.30. The minimum Gasteiger partial charge on any atom is -0.384 e. The number of hydrogen-bond donors (Lipinski definition) is 1. The maximum atomic E-state index is 12.6. The number of rotatable bonds is 2. The summed E-state index contributed by atoms with van der Waals surface area (Å²) in [4.78, 5) is 14.7. The third-order valence-electron chi connectivity index (χ3n) is 4.82. The van der Waals surface area contributed by atoms with Crippen molar-refractivity contribution >= 4 is 11.6 Å². The van der Waals surface area contributed by atoms with Crippen molar-refractivity contribution in [1.29, 1.82) is 0 Å². The lowest BCUT2D eigenvalue weighted by molar-refractivity contribution is -0.135. The van der Waals surface area contributed by atoms with Crippen molar-refractivity contribution in [2.45, 2.75) is 45.1 Å². The molecule has 2 aliphatic heterocycles. The molecule has 0 saturated carbocycles. The normalized spacial score (nSPS) is 28.9. The molecule has 2 heterocycles. The average molecular weight is 272 g/mol. The second-order valence-corrected chi connectivity index (χ2v) is 6.43. The molecule has 0 bridgehead atoms. The summed E-state index contributed by atoms with van der Waals surface area (Å²) >= 11 is 0. The number of fused-ring (bicyclic) bond motifs is 1. The lowest BCUT2D eigenvalue weighted by atomic mass is 9.91. The number of nitrogens with one attached hydrogen (secondary N) is 1. The topological polar surface area (TPSA) is 32.3 Å². The molecule has 3 heteroatoms. The average Bonchev–Trinajstić information content (AvgIpc) is 2.82. The fourth-order valence-electron chi connectivity index (χ4n) is 3.65. The molecule has 20 heavy (non-hydrogen) atoms. The maximum absolute atomic E-state index is 12.6. The van der Waals surface area contributed by atoms with Gasteiger partial charge in [0.25, 0.3) is 0 Å². The first-order chi connectivity index (χ1) is 9.65. The van der Waals surface area contributed by atoms with E-state index in [4.69, 9.17) is 0 Å². The summed E-state index contributed by atoms with van der Waals surface area (Å²) in [5.41, 5.74) is 2.50. The minimum absolute atomic E-state index is 0.327. The molecule has 108 valence electrons. The predicted octanol–water partition coefficient (Wildman–Crippen LogP) is 3.23. The molecule has 3 atom stereocenters. The molecule has 1 aromatic carbocycles. The van der Waals surface area contributed by atoms with Crippen LogP contribution in [0.4, 0.5) is 5.69 Å². The van der Waals surface area contributed by atoms with Gasteiger partial charge in [-0.3, -0.25) is 4.79 Å². The van der Waals surface area contributed by atoms with E-state index in [0.29, 0.717) is 24.3 Å². The number of carbonyl (C=O) groups excluding carboxylic acids is 1. The molecular weight excluding hydrogens is 248 g/mol. The van der Waals surface area contributed by atoms with Crippen LogP contribution in [-0.4, -0.2) is 29.9 Å². The molecule has 0 aromatic heterocycles. The van der Waals surface area contributed by atoms with Crippen LogP contribution < -0.4 is 5.32 Å². The Morgan fingerprint density at radius 2 is 2.15 bits per heavy atom. The predicted molar refractivity (Wildman–Crippen MR) is 81.9 cm³/mol. The van der Waals surface area contributed by atoms with Crippen molar-refractivity contribution < 1.29 is 4.79 Å². The number of carbonyl (C=O) groups is 1. The van der Waals surface area contributed by atoms with Gasteiger partial charge < -0.3 is 10.2 Å². The standard InChI is InChI=1S/C17H24N2O/c1-12-7-8-19(13(2)9-12)17(20)10-14-11-18-16-6-4-3-5-15(14)16/h3-6,12-14,18H,7-11H2,1-2H3. The molecule has 3 rings (SSSR count). The van der Waals surface area contributed by atoms with Gasteiger partial charge >= 0.3 is 0 Å². The van der Waals surface area contributed by atoms with Gasteiger partial charge in [-0.15, -0.1) is 0 Å². The van der Waals surface area contributed by atoms with E-state index in [9.17, 15) is 4.79 Å². The Kier molecular flexibility index (Phi) is 3.68. The van der Waals surface area contributed by atoms with Gasteiger partial charge in [0.2, 0.25) is 5.91 Å². The fourth-order valence-corrected chi connectivity index (χ4v) is 3.65. The first-order valence-corrected chi connectivity index (χ1v) is 7.77. The van der Waals surface area contributed by atoms with Crippen LogP contribution in [0.1, 0.15) is 44.6 Å². The van der Waals surface area contributed by atoms with E-state index in [1.165, 1.54) is 11.3 Å². The van der Waals surface area contributed by atoms with Crippen molar-refractivity contribution in [2.75, 3.05) is 18.4 Å². The van der Waals surface area contributed by atoms with Gasteiger partial charge in [-0.1, -0.05) is 25.1 Å². The van der Waals surface area contributed by atoms with E-state index in [1.54, 1.807) is 0 Å². The zero-order valence-corrected chi connectivity index (χ0v) is 12.4. The molecule has 0 spiro atoms. The number of likely N-dealkylation sites (tertiary alicyclic amines) is 1. The Morgan fingerprint density at radius 3 is 2.95 bits per heavy atom. The van der Waals surface area contributed by atoms with Gasteiger partial charge in [-0.05, 0) is 37.3 Å². The number of nitrogens with zero attached hydrogens (tertiary/aromatic N) is 1. The van der Waals surface area contributed by atoms with Crippen LogP contribution in [0, 0.1) is 5.92 Å². The zero-order valence-electron chi connectivity index (χ0n) is 12.4. The van der Waals surface area contributed by atoms with E-state index < -0.39 is 0 Å². The van der Waals surface area contributed by atoms with Gasteiger partial charge in [-0.2, -0.15) is 0 Å². The summed E-state index contributed by atoms with van der Waals surface area (Å²) < 4.78 is 0. The molecular formula is C17H24N2O. The summed E-state index contributed by atoms with van der Waals surface area (Å²) in [5, 5.41) is 3.41. The number of amides is 1. The number of benzene rings is 1. The van der Waals surface area contributed by atoms with E-state index in [-0.39, 0.29) is 0 Å². The SMILES string of the molecule is CC1CCN(C(=O)CC2CNc3ccccc32)C(C)C1. The second-order valence-electron chi connectivity index (χ2n) is 6.43. The minimum atomic E-state index is 0.327. The van der Waals surface area contributed by atoms with Gasteiger partial charge in [0.15, 0.2) is 0 Å². The molecule has 1 N–H and O–H groups in total. The molecule has 1 saturated heterocycles. The highest BCUT2D eigenvalue weighted by atomic mass is 16.2. The highest BCUT2D eigenvalue weighted by Crippen LogP contribution is 2.34. The van der Waals surface area contributed by atoms with Crippen molar-refractivity contribution in [3.63, 3.8) is 0 Å². The first kappa shape index (κ1) is 13.5. The van der Waals surface area contributed by atoms with Crippen LogP contribution in [0.5, 0.6) is 0 Å². The summed E-state index contributed by atoms with van der Waals surface area (Å²) in [6, 6.07) is 8.76. The number of piperidine rings is 1. The van der Waals surface area contributed by atoms with Crippen LogP contribution in [-0.2, 0) is 4.79 Å². The summed E-state index contributed by atoms with van der Waals surface area (Å²) in [7, 11) is 0. The summed E-state index contributed by atoms with van der Waals surface area (Å²) in [6.07, 6.45) is 2.93. The van der Waals surface area contributed by atoms with Crippen LogP contribution in [0.25, 0.3) is 0 Å². The number of anilines is 1. The zero-order chi connectivity index (χ0) is 14.1. The Balaban J connectivity index is 1.65. The van der Waals surface area contributed by atoms with Gasteiger partial charge in [0.1, 0.15) is 0 Å². The number of para-hydroxylation sites is 1. The quantitative estimate of drug-likeness (QED) is 0.896. The van der Waals surface area contributed by atoms with Crippen LogP contribution >= 0.6 is 0 Å². The van der Waals surface area contributed by atoms with Crippen molar-refractivity contribution in [3.05, 3.63) is 29.8 Å². The molecule has 2 aliphatic rings. The van der Waals surface area contributed by atoms with Gasteiger partial charge in [0, 0.05) is 37.2 Å². The largest absolute Gasteiger partial charge is 0.384 e. The lowest BCUT2D eigenvalue weighted by Gasteiger charge is -2.37. The monoisotopic (exact) mass is 272 g/mol. The van der Waals surface area contributed by atoms with Gasteiger partial charge in [-0.25, -0.2) is 0 Å². The van der Waals surface area contributed by atoms with E-state index in [1.807, 2.05) is 6.07 Å². The first-order valence-electron chi connectivity index (χ1n) is 7.77. The smallest absolute Gasteiger partial charge is 0.223 e. The van der Waals surface area contributed by atoms with Crippen molar-refractivity contribution in [2.24, 2.45) is 5.92 Å². The molecule has 1 fully saturated rings. The summed E-state index contributed by atoms with van der Waals surface area (Å²) in [6.45, 7) is 6.30. The van der Waals surface area contributed by atoms with Crippen molar-refractivity contribution in [1.82, 2.24) is 4.90 Å². The third kappa shape index (κ3) is 2.54. The van der Waals surface area contributed by atoms with E-state index >= 15 is 0 Å². The van der Waals surface area contributed by atoms with E-state index in [2.05, 4.69) is 42.3 Å². The summed E-state index contributed by atoms with van der Waals surface area (Å²) in [5.74, 6) is 1.42. The van der Waals surface area contributed by atoms with E-state index in [0.717, 1.165) is 31.8 Å². The Labute approximate surface area is 121 Å². The lowest BCUT2D eigenvalue weighted by Crippen LogP contribution is -2.44. The van der Waals surface area contributed by atoms with Crippen molar-refractivity contribution in [3.8, 4) is 0 Å². The fraction of sp³-hybridized carbons (Fsp3) is 0.588. The third-order valence-corrected chi connectivity index (χ3v) is 4.82. The molecule has 1 aromatic rings. The Bertz CT molecular complexity index is 500. The molecule has 3 nitrogen and oxygen atoms in total. The molecule has 0 radical (unpaired) electrons. The van der Waals surface area contributed by atoms with Gasteiger partial charge in [0.05, 0.1) is 0 Å². The Morgan fingerprint density at radius 1 is 1.35 bits per heavy atom. The number of hydrogen-bond acceptors (Lipinski definition) is 2. The molecule has 0 aliphatic carbocycles. The van der Waals surface area contributed by atoms with Crippen LogP contribution in [0.2, 0.25) is 0 Å². The van der Waals surface area contributed by atoms with Crippen LogP contribution in [0.3, 0.4) is 0 Å². The molecule has 1 amide bonds. The van der Waals surface area contributed by atoms with Crippen LogP contribution in [0.15, 0.2) is 24.3 Å².